The van der Waals surface area contributed by atoms with Crippen molar-refractivity contribution in [3.63, 3.8) is 0 Å². The second-order valence-corrected chi connectivity index (χ2v) is 3.87. The predicted molar refractivity (Wildman–Crippen MR) is 46.0 cm³/mol. The Morgan fingerprint density at radius 3 is 2.92 bits per heavy atom. The summed E-state index contributed by atoms with van der Waals surface area (Å²) in [5.41, 5.74) is 0.925. The summed E-state index contributed by atoms with van der Waals surface area (Å²) in [6.45, 7) is 0. The van der Waals surface area contributed by atoms with Gasteiger partial charge in [-0.05, 0) is 6.07 Å². The Hall–Kier alpha value is -1.47. The number of nitrogens with two attached hydrogens (primary N) is 1. The normalized spacial score (nSPS) is 12.1. The molecule has 13 heavy (non-hydrogen) atoms. The van der Waals surface area contributed by atoms with Crippen LogP contribution >= 0.6 is 0 Å². The predicted octanol–water partition coefficient (Wildman–Crippen LogP) is -0.517. The van der Waals surface area contributed by atoms with Crippen LogP contribution in [0.2, 0.25) is 0 Å². The first-order chi connectivity index (χ1) is 6.09. The quantitative estimate of drug-likeness (QED) is 0.667. The van der Waals surface area contributed by atoms with Crippen molar-refractivity contribution in [3.05, 3.63) is 24.8 Å². The van der Waals surface area contributed by atoms with E-state index in [0.29, 0.717) is 11.0 Å². The maximum Gasteiger partial charge on any atom is 0.304 e. The molecule has 68 valence electrons. The van der Waals surface area contributed by atoms with E-state index >= 15 is 0 Å². The van der Waals surface area contributed by atoms with Crippen LogP contribution in [0.4, 0.5) is 0 Å². The number of aromatic nitrogens is 3. The van der Waals surface area contributed by atoms with E-state index in [1.165, 1.54) is 18.5 Å². The van der Waals surface area contributed by atoms with Crippen LogP contribution in [0.5, 0.6) is 0 Å². The number of hydrogen-bond acceptors (Lipinski definition) is 4. The highest BCUT2D eigenvalue weighted by Crippen LogP contribution is 2.10. The number of rotatable bonds is 1. The molecular formula is C6H6N4O2S. The van der Waals surface area contributed by atoms with Crippen molar-refractivity contribution in [1.82, 2.24) is 13.9 Å². The van der Waals surface area contributed by atoms with Gasteiger partial charge in [0.1, 0.15) is 11.8 Å². The fraction of sp³-hybridized carbons (Fsp3) is 0. The molecule has 6 nitrogen and oxygen atoms in total. The van der Waals surface area contributed by atoms with Crippen LogP contribution in [-0.4, -0.2) is 22.4 Å². The van der Waals surface area contributed by atoms with E-state index in [1.807, 2.05) is 0 Å². The topological polar surface area (TPSA) is 90.9 Å². The lowest BCUT2D eigenvalue weighted by Gasteiger charge is -1.97. The van der Waals surface area contributed by atoms with Crippen molar-refractivity contribution in [2.24, 2.45) is 5.14 Å². The van der Waals surface area contributed by atoms with Crippen LogP contribution in [0.1, 0.15) is 0 Å². The minimum atomic E-state index is -3.76. The van der Waals surface area contributed by atoms with E-state index in [-0.39, 0.29) is 0 Å². The van der Waals surface area contributed by atoms with Gasteiger partial charge in [0.25, 0.3) is 0 Å². The third-order valence-corrected chi connectivity index (χ3v) is 2.43. The van der Waals surface area contributed by atoms with Crippen molar-refractivity contribution >= 4 is 21.2 Å². The average Bonchev–Trinajstić information content (AvgIpc) is 2.45. The van der Waals surface area contributed by atoms with Crippen LogP contribution in [-0.2, 0) is 10.2 Å². The average molecular weight is 198 g/mol. The van der Waals surface area contributed by atoms with Gasteiger partial charge in [0.15, 0.2) is 0 Å². The van der Waals surface area contributed by atoms with Gasteiger partial charge in [-0.2, -0.15) is 8.42 Å². The molecular weight excluding hydrogens is 192 g/mol. The van der Waals surface area contributed by atoms with Crippen LogP contribution in [0, 0.1) is 0 Å². The highest BCUT2D eigenvalue weighted by molar-refractivity contribution is 7.87. The molecule has 0 aromatic carbocycles. The maximum absolute atomic E-state index is 11.0. The Kier molecular flexibility index (Phi) is 1.57. The lowest BCUT2D eigenvalue weighted by Crippen LogP contribution is -2.20. The smallest absolute Gasteiger partial charge is 0.262 e. The molecule has 0 saturated heterocycles. The van der Waals surface area contributed by atoms with E-state index in [9.17, 15) is 8.42 Å². The summed E-state index contributed by atoms with van der Waals surface area (Å²) < 4.78 is 22.9. The molecule has 2 heterocycles. The third kappa shape index (κ3) is 1.27. The first kappa shape index (κ1) is 8.14. The molecule has 0 saturated carbocycles. The Morgan fingerprint density at radius 1 is 1.46 bits per heavy atom. The van der Waals surface area contributed by atoms with Crippen LogP contribution < -0.4 is 5.14 Å². The summed E-state index contributed by atoms with van der Waals surface area (Å²) in [4.78, 5) is 7.62. The van der Waals surface area contributed by atoms with E-state index in [0.717, 1.165) is 10.3 Å². The summed E-state index contributed by atoms with van der Waals surface area (Å²) in [5.74, 6) is 0. The molecule has 0 atom stereocenters. The molecule has 2 rings (SSSR count). The first-order valence-corrected chi connectivity index (χ1v) is 4.90. The fourth-order valence-corrected chi connectivity index (χ4v) is 1.65. The molecule has 2 aromatic rings. The second-order valence-electron chi connectivity index (χ2n) is 2.45. The largest absolute Gasteiger partial charge is 0.304 e. The molecule has 0 fully saturated rings. The highest BCUT2D eigenvalue weighted by atomic mass is 32.2. The highest BCUT2D eigenvalue weighted by Gasteiger charge is 2.10. The number of hydrogen-bond donors (Lipinski definition) is 1. The Bertz CT molecular complexity index is 545. The first-order valence-electron chi connectivity index (χ1n) is 3.39. The Balaban J connectivity index is 2.87. The Labute approximate surface area is 74.2 Å². The van der Waals surface area contributed by atoms with Crippen molar-refractivity contribution < 1.29 is 8.42 Å². The van der Waals surface area contributed by atoms with E-state index in [2.05, 4.69) is 9.97 Å². The number of imidazole rings is 1. The number of fused-ring (bicyclic) bond motifs is 1. The van der Waals surface area contributed by atoms with E-state index in [1.54, 1.807) is 0 Å². The van der Waals surface area contributed by atoms with E-state index < -0.39 is 10.2 Å². The van der Waals surface area contributed by atoms with Gasteiger partial charge < -0.3 is 0 Å². The van der Waals surface area contributed by atoms with Gasteiger partial charge in [0.2, 0.25) is 0 Å². The molecule has 0 spiro atoms. The summed E-state index contributed by atoms with van der Waals surface area (Å²) in [5, 5.41) is 4.94. The molecule has 0 amide bonds. The second kappa shape index (κ2) is 2.51. The number of nitrogens with zero attached hydrogens (tertiary/aromatic N) is 3. The summed E-state index contributed by atoms with van der Waals surface area (Å²) >= 11 is 0. The van der Waals surface area contributed by atoms with Gasteiger partial charge in [-0.3, -0.25) is 4.98 Å². The van der Waals surface area contributed by atoms with Gasteiger partial charge in [-0.1, -0.05) is 0 Å². The Morgan fingerprint density at radius 2 is 2.23 bits per heavy atom. The molecule has 0 radical (unpaired) electrons. The van der Waals surface area contributed by atoms with Crippen LogP contribution in [0.3, 0.4) is 0 Å². The minimum Gasteiger partial charge on any atom is -0.262 e. The molecule has 2 N–H and O–H groups in total. The van der Waals surface area contributed by atoms with E-state index in [4.69, 9.17) is 5.14 Å². The summed E-state index contributed by atoms with van der Waals surface area (Å²) in [6.07, 6.45) is 4.10. The molecule has 0 unspecified atom stereocenters. The van der Waals surface area contributed by atoms with Gasteiger partial charge in [0, 0.05) is 6.20 Å². The fourth-order valence-electron chi connectivity index (χ4n) is 1.04. The van der Waals surface area contributed by atoms with Crippen molar-refractivity contribution in [3.8, 4) is 0 Å². The third-order valence-electron chi connectivity index (χ3n) is 1.59. The van der Waals surface area contributed by atoms with Gasteiger partial charge in [-0.15, -0.1) is 0 Å². The van der Waals surface area contributed by atoms with Crippen LogP contribution in [0.25, 0.3) is 11.0 Å². The molecule has 7 heteroatoms. The maximum atomic E-state index is 11.0. The standard InChI is InChI=1S/C6H6N4O2S/c7-13(11,12)10-4-9-5-3-8-2-1-6(5)10/h1-4H,(H2,7,11,12). The van der Waals surface area contributed by atoms with Crippen molar-refractivity contribution in [1.29, 1.82) is 0 Å². The van der Waals surface area contributed by atoms with Crippen molar-refractivity contribution in [2.45, 2.75) is 0 Å². The zero-order valence-electron chi connectivity index (χ0n) is 6.45. The lowest BCUT2D eigenvalue weighted by molar-refractivity contribution is 0.590. The molecule has 0 aliphatic rings. The molecule has 0 aliphatic carbocycles. The molecule has 0 aliphatic heterocycles. The monoisotopic (exact) mass is 198 g/mol. The van der Waals surface area contributed by atoms with Gasteiger partial charge in [0.05, 0.1) is 11.7 Å². The minimum absolute atomic E-state index is 0.428. The SMILES string of the molecule is NS(=O)(=O)n1cnc2cnccc21. The van der Waals surface area contributed by atoms with Gasteiger partial charge >= 0.3 is 10.2 Å². The zero-order chi connectivity index (χ0) is 9.47. The zero-order valence-corrected chi connectivity index (χ0v) is 7.27. The summed E-state index contributed by atoms with van der Waals surface area (Å²) in [7, 11) is -3.76. The lowest BCUT2D eigenvalue weighted by atomic mass is 10.4. The van der Waals surface area contributed by atoms with Gasteiger partial charge in [-0.25, -0.2) is 14.1 Å². The van der Waals surface area contributed by atoms with Crippen molar-refractivity contribution in [2.75, 3.05) is 0 Å². The summed E-state index contributed by atoms with van der Waals surface area (Å²) in [6, 6.07) is 1.53. The van der Waals surface area contributed by atoms with Crippen LogP contribution in [0.15, 0.2) is 24.8 Å². The molecule has 0 bridgehead atoms. The number of pyridine rings is 1. The molecule has 2 aromatic heterocycles.